The van der Waals surface area contributed by atoms with E-state index in [1.54, 1.807) is 0 Å². The van der Waals surface area contributed by atoms with Crippen molar-refractivity contribution in [2.75, 3.05) is 0 Å². The predicted molar refractivity (Wildman–Crippen MR) is 215 cm³/mol. The molecule has 0 amide bonds. The monoisotopic (exact) mass is 728 g/mol. The van der Waals surface area contributed by atoms with Crippen molar-refractivity contribution in [3.05, 3.63) is 142 Å². The summed E-state index contributed by atoms with van der Waals surface area (Å²) in [7, 11) is 0. The van der Waals surface area contributed by atoms with Crippen molar-refractivity contribution in [1.29, 1.82) is 0 Å². The lowest BCUT2D eigenvalue weighted by Crippen LogP contribution is -2.69. The zero-order chi connectivity index (χ0) is 36.5. The molecule has 258 valence electrons. The van der Waals surface area contributed by atoms with E-state index in [0.29, 0.717) is 0 Å². The molecule has 4 aromatic carbocycles. The highest BCUT2D eigenvalue weighted by atomic mass is 15.6. The summed E-state index contributed by atoms with van der Waals surface area (Å²) in [5, 5.41) is 1.85. The summed E-state index contributed by atoms with van der Waals surface area (Å²) >= 11 is 0. The van der Waals surface area contributed by atoms with Crippen LogP contribution in [0.15, 0.2) is 97.1 Å². The number of benzene rings is 4. The SMILES string of the molecule is C1=C2c3nc4ccccc4nc3C3=[N+]2C24n5c1c1nc6ccccc6nc1c5C=C1c5nc6ccccc6nc5C(=[N+]12)C=c1c2nc5ccccc5nc2c(n14)=C3. The van der Waals surface area contributed by atoms with Crippen LogP contribution in [0.2, 0.25) is 0 Å². The molecule has 12 heteroatoms. The Hall–Kier alpha value is -8.12. The van der Waals surface area contributed by atoms with Crippen LogP contribution in [-0.4, -0.2) is 69.6 Å². The number of aromatic nitrogens is 10. The largest absolute Gasteiger partial charge is 0.554 e. The number of hydrogen-bond donors (Lipinski definition) is 0. The van der Waals surface area contributed by atoms with Crippen LogP contribution in [0, 0.1) is 0 Å². The van der Waals surface area contributed by atoms with E-state index in [1.807, 2.05) is 97.1 Å². The van der Waals surface area contributed by atoms with Crippen molar-refractivity contribution >= 4 is 113 Å². The van der Waals surface area contributed by atoms with Gasteiger partial charge in [0.2, 0.25) is 22.8 Å². The van der Waals surface area contributed by atoms with Gasteiger partial charge in [0.25, 0.3) is 0 Å². The van der Waals surface area contributed by atoms with Crippen LogP contribution in [0.25, 0.3) is 102 Å². The maximum absolute atomic E-state index is 5.37. The lowest BCUT2D eigenvalue weighted by Gasteiger charge is -2.36. The Morgan fingerprint density at radius 1 is 0.351 bits per heavy atom. The first kappa shape index (κ1) is 27.5. The van der Waals surface area contributed by atoms with Crippen LogP contribution in [0.5, 0.6) is 0 Å². The van der Waals surface area contributed by atoms with Crippen LogP contribution < -0.4 is 10.7 Å². The fraction of sp³-hybridized carbons (Fsp3) is 0.0222. The van der Waals surface area contributed by atoms with Gasteiger partial charge in [0.15, 0.2) is 22.8 Å². The molecule has 57 heavy (non-hydrogen) atoms. The molecular weight excluding hydrogens is 709 g/mol. The van der Waals surface area contributed by atoms with Crippen LogP contribution >= 0.6 is 0 Å². The average molecular weight is 729 g/mol. The molecule has 6 aromatic heterocycles. The molecule has 10 aromatic rings. The molecule has 16 rings (SSSR count). The van der Waals surface area contributed by atoms with Crippen molar-refractivity contribution in [2.24, 2.45) is 0 Å². The molecule has 0 fully saturated rings. The number of hydrogen-bond acceptors (Lipinski definition) is 8. The standard InChI is InChI=1S/C45H20N12/c1-2-10-22-21(9-1)46-37-29-17-31-39-41(50-24-12-4-3-11-23(24)48-39)33-19-35-43-44(53-28-16-8-7-15-27(28)52-43)36-20-34-42-40(49-25-13-5-6-14-26(25)51-42)32-18-30(38(37)47-22)54(29)45(55(31)33,56(32)34)57(35)36/h1-20H/q+2. The second-order valence-corrected chi connectivity index (χ2v) is 15.2. The fourth-order valence-electron chi connectivity index (χ4n) is 10.3. The van der Waals surface area contributed by atoms with E-state index in [-0.39, 0.29) is 0 Å². The van der Waals surface area contributed by atoms with Gasteiger partial charge in [0, 0.05) is 24.3 Å². The Bertz CT molecular complexity index is 3790. The summed E-state index contributed by atoms with van der Waals surface area (Å²) in [4.78, 5) is 43.0. The molecule has 0 radical (unpaired) electrons. The van der Waals surface area contributed by atoms with Gasteiger partial charge < -0.3 is 0 Å². The summed E-state index contributed by atoms with van der Waals surface area (Å²) in [6, 6.07) is 32.3. The van der Waals surface area contributed by atoms with Gasteiger partial charge in [-0.05, 0) is 48.5 Å². The number of rotatable bonds is 0. The van der Waals surface area contributed by atoms with Crippen LogP contribution in [0.3, 0.4) is 0 Å². The summed E-state index contributed by atoms with van der Waals surface area (Å²) in [6.07, 6.45) is 8.92. The second-order valence-electron chi connectivity index (χ2n) is 15.2. The maximum Gasteiger partial charge on any atom is 0.554 e. The van der Waals surface area contributed by atoms with E-state index in [9.17, 15) is 0 Å². The highest BCUT2D eigenvalue weighted by Crippen LogP contribution is 2.52. The minimum atomic E-state index is -1.13. The van der Waals surface area contributed by atoms with Crippen molar-refractivity contribution in [3.63, 3.8) is 0 Å². The summed E-state index contributed by atoms with van der Waals surface area (Å²) in [6.45, 7) is 0. The Balaban J connectivity index is 1.20. The normalized spacial score (nSPS) is 16.9. The van der Waals surface area contributed by atoms with E-state index < -0.39 is 5.91 Å². The first-order valence-electron chi connectivity index (χ1n) is 18.9. The zero-order valence-electron chi connectivity index (χ0n) is 29.4. The summed E-state index contributed by atoms with van der Waals surface area (Å²) < 4.78 is 9.64. The number of fused-ring (bicyclic) bond motifs is 16. The Morgan fingerprint density at radius 2 is 0.684 bits per heavy atom. The summed E-state index contributed by atoms with van der Waals surface area (Å²) in [5.41, 5.74) is 18.7. The predicted octanol–water partition coefficient (Wildman–Crippen LogP) is 4.73. The van der Waals surface area contributed by atoms with Crippen molar-refractivity contribution in [2.45, 2.75) is 5.91 Å². The molecule has 0 aliphatic carbocycles. The number of para-hydroxylation sites is 8. The van der Waals surface area contributed by atoms with E-state index in [2.05, 4.69) is 42.6 Å². The molecule has 0 unspecified atom stereocenters. The van der Waals surface area contributed by atoms with Crippen LogP contribution in [0.4, 0.5) is 0 Å². The Kier molecular flexibility index (Phi) is 4.20. The highest BCUT2D eigenvalue weighted by molar-refractivity contribution is 6.26. The minimum absolute atomic E-state index is 0.810. The maximum atomic E-state index is 5.37. The molecule has 0 saturated carbocycles. The van der Waals surface area contributed by atoms with Crippen LogP contribution in [0.1, 0.15) is 34.2 Å². The van der Waals surface area contributed by atoms with Gasteiger partial charge in [-0.25, -0.2) is 39.9 Å². The van der Waals surface area contributed by atoms with Gasteiger partial charge in [0.05, 0.1) is 66.2 Å². The van der Waals surface area contributed by atoms with E-state index in [1.165, 1.54) is 0 Å². The third kappa shape index (κ3) is 2.86. The molecule has 0 N–H and O–H groups in total. The van der Waals surface area contributed by atoms with Crippen molar-refractivity contribution in [1.82, 2.24) is 49.0 Å². The van der Waals surface area contributed by atoms with Gasteiger partial charge in [-0.2, -0.15) is 9.13 Å². The average Bonchev–Trinajstić information content (AvgIpc) is 3.95. The molecule has 0 saturated heterocycles. The summed E-state index contributed by atoms with van der Waals surface area (Å²) in [5.74, 6) is -1.13. The van der Waals surface area contributed by atoms with Crippen LogP contribution in [-0.2, 0) is 5.91 Å². The van der Waals surface area contributed by atoms with E-state index in [0.717, 1.165) is 134 Å². The molecule has 12 nitrogen and oxygen atoms in total. The second kappa shape index (κ2) is 8.72. The molecular formula is C45H20N12+2. The quantitative estimate of drug-likeness (QED) is 0.206. The minimum Gasteiger partial charge on any atom is -0.242 e. The zero-order valence-corrected chi connectivity index (χ0v) is 29.4. The molecule has 6 aliphatic rings. The van der Waals surface area contributed by atoms with Gasteiger partial charge in [0.1, 0.15) is 22.1 Å². The number of nitrogens with zero attached hydrogens (tertiary/aromatic N) is 12. The molecule has 12 heterocycles. The van der Waals surface area contributed by atoms with Gasteiger partial charge in [-0.1, -0.05) is 57.7 Å². The van der Waals surface area contributed by atoms with Gasteiger partial charge in [-0.3, -0.25) is 0 Å². The Labute approximate surface area is 318 Å². The molecule has 0 bridgehead atoms. The van der Waals surface area contributed by atoms with Gasteiger partial charge >= 0.3 is 5.91 Å². The lowest BCUT2D eigenvalue weighted by atomic mass is 10.1. The van der Waals surface area contributed by atoms with Crippen molar-refractivity contribution < 1.29 is 9.15 Å². The van der Waals surface area contributed by atoms with Gasteiger partial charge in [-0.15, -0.1) is 0 Å². The fourth-order valence-corrected chi connectivity index (χ4v) is 10.3. The van der Waals surface area contributed by atoms with E-state index in [4.69, 9.17) is 39.9 Å². The van der Waals surface area contributed by atoms with E-state index >= 15 is 0 Å². The molecule has 0 atom stereocenters. The smallest absolute Gasteiger partial charge is 0.242 e. The third-order valence-corrected chi connectivity index (χ3v) is 12.4. The first-order valence-corrected chi connectivity index (χ1v) is 18.9. The molecule has 6 aliphatic heterocycles. The third-order valence-electron chi connectivity index (χ3n) is 12.4. The highest BCUT2D eigenvalue weighted by Gasteiger charge is 2.74. The topological polar surface area (TPSA) is 119 Å². The lowest BCUT2D eigenvalue weighted by molar-refractivity contribution is -0.805. The van der Waals surface area contributed by atoms with Crippen molar-refractivity contribution in [3.8, 4) is 0 Å². The molecule has 1 spiro atoms. The first-order chi connectivity index (χ1) is 28.2. The Morgan fingerprint density at radius 3 is 1.07 bits per heavy atom.